The Hall–Kier alpha value is -0.810. The van der Waals surface area contributed by atoms with Crippen molar-refractivity contribution in [3.05, 3.63) is 0 Å². The van der Waals surface area contributed by atoms with Crippen molar-refractivity contribution in [2.75, 3.05) is 13.1 Å². The summed E-state index contributed by atoms with van der Waals surface area (Å²) in [5, 5.41) is 19.3. The number of nitrogens with zero attached hydrogens (tertiary/aromatic N) is 1. The highest BCUT2D eigenvalue weighted by Crippen LogP contribution is 2.24. The van der Waals surface area contributed by atoms with Crippen LogP contribution in [0.2, 0.25) is 0 Å². The molecule has 2 N–H and O–H groups in total. The van der Waals surface area contributed by atoms with Crippen LogP contribution in [0.15, 0.2) is 0 Å². The van der Waals surface area contributed by atoms with Gasteiger partial charge in [-0.2, -0.15) is 0 Å². The quantitative estimate of drug-likeness (QED) is 0.822. The second-order valence-electron chi connectivity index (χ2n) is 6.47. The molecule has 1 saturated heterocycles. The number of aliphatic hydroxyl groups is 2. The Labute approximate surface area is 115 Å². The first kappa shape index (κ1) is 16.2. The van der Waals surface area contributed by atoms with Crippen molar-refractivity contribution in [1.82, 2.24) is 4.90 Å². The van der Waals surface area contributed by atoms with Crippen LogP contribution in [-0.2, 0) is 4.74 Å². The molecule has 1 aliphatic heterocycles. The largest absolute Gasteiger partial charge is 0.444 e. The number of likely N-dealkylation sites (tertiary alicyclic amines) is 1. The van der Waals surface area contributed by atoms with Crippen LogP contribution in [0.25, 0.3) is 0 Å². The molecule has 1 aliphatic rings. The molecule has 0 saturated carbocycles. The number of aliphatic hydroxyl groups excluding tert-OH is 2. The average molecular weight is 273 g/mol. The molecule has 3 unspecified atom stereocenters. The van der Waals surface area contributed by atoms with E-state index in [0.29, 0.717) is 25.9 Å². The van der Waals surface area contributed by atoms with Gasteiger partial charge in [0.1, 0.15) is 5.60 Å². The van der Waals surface area contributed by atoms with Gasteiger partial charge in [-0.05, 0) is 47.0 Å². The van der Waals surface area contributed by atoms with Gasteiger partial charge < -0.3 is 19.8 Å². The fraction of sp³-hybridized carbons (Fsp3) is 0.929. The third-order valence-electron chi connectivity index (χ3n) is 3.30. The molecule has 1 rings (SSSR count). The van der Waals surface area contributed by atoms with Crippen LogP contribution >= 0.6 is 0 Å². The molecule has 0 bridgehead atoms. The van der Waals surface area contributed by atoms with E-state index in [1.54, 1.807) is 11.8 Å². The third-order valence-corrected chi connectivity index (χ3v) is 3.30. The van der Waals surface area contributed by atoms with Crippen molar-refractivity contribution in [2.24, 2.45) is 5.92 Å². The van der Waals surface area contributed by atoms with E-state index in [2.05, 4.69) is 0 Å². The smallest absolute Gasteiger partial charge is 0.410 e. The maximum absolute atomic E-state index is 12.0. The normalized spacial score (nSPS) is 26.1. The van der Waals surface area contributed by atoms with Crippen LogP contribution in [0.3, 0.4) is 0 Å². The fourth-order valence-corrected chi connectivity index (χ4v) is 2.25. The number of amides is 1. The van der Waals surface area contributed by atoms with Crippen LogP contribution in [0.4, 0.5) is 4.79 Å². The number of hydrogen-bond donors (Lipinski definition) is 2. The van der Waals surface area contributed by atoms with E-state index in [1.807, 2.05) is 20.8 Å². The maximum Gasteiger partial charge on any atom is 0.410 e. The molecule has 112 valence electrons. The molecule has 0 aliphatic carbocycles. The summed E-state index contributed by atoms with van der Waals surface area (Å²) in [6.45, 7) is 8.29. The number of hydrogen-bond acceptors (Lipinski definition) is 4. The van der Waals surface area contributed by atoms with Gasteiger partial charge in [0.05, 0.1) is 12.2 Å². The summed E-state index contributed by atoms with van der Waals surface area (Å²) in [6, 6.07) is 0. The molecule has 0 radical (unpaired) electrons. The average Bonchev–Trinajstić information content (AvgIpc) is 2.25. The Morgan fingerprint density at radius 1 is 1.47 bits per heavy atom. The lowest BCUT2D eigenvalue weighted by molar-refractivity contribution is -0.0121. The Kier molecular flexibility index (Phi) is 5.62. The van der Waals surface area contributed by atoms with Gasteiger partial charge in [0, 0.05) is 19.0 Å². The van der Waals surface area contributed by atoms with E-state index in [1.165, 1.54) is 0 Å². The number of piperidine rings is 1. The van der Waals surface area contributed by atoms with Crippen LogP contribution < -0.4 is 0 Å². The zero-order valence-corrected chi connectivity index (χ0v) is 12.4. The second kappa shape index (κ2) is 6.57. The zero-order chi connectivity index (χ0) is 14.6. The Morgan fingerprint density at radius 3 is 2.63 bits per heavy atom. The van der Waals surface area contributed by atoms with Crippen molar-refractivity contribution in [1.29, 1.82) is 0 Å². The van der Waals surface area contributed by atoms with Crippen LogP contribution in [0, 0.1) is 5.92 Å². The Balaban J connectivity index is 2.51. The van der Waals surface area contributed by atoms with Crippen molar-refractivity contribution >= 4 is 6.09 Å². The number of ether oxygens (including phenoxy) is 1. The first-order valence-corrected chi connectivity index (χ1v) is 7.03. The molecule has 1 amide bonds. The molecule has 1 heterocycles. The molecule has 19 heavy (non-hydrogen) atoms. The minimum atomic E-state index is -0.498. The van der Waals surface area contributed by atoms with E-state index in [0.717, 1.165) is 6.42 Å². The molecule has 0 aromatic heterocycles. The lowest BCUT2D eigenvalue weighted by Crippen LogP contribution is -2.47. The topological polar surface area (TPSA) is 70.0 Å². The monoisotopic (exact) mass is 273 g/mol. The molecule has 3 atom stereocenters. The van der Waals surface area contributed by atoms with Crippen LogP contribution in [-0.4, -0.2) is 52.1 Å². The van der Waals surface area contributed by atoms with Crippen molar-refractivity contribution in [3.63, 3.8) is 0 Å². The van der Waals surface area contributed by atoms with Crippen LogP contribution in [0.1, 0.15) is 47.0 Å². The van der Waals surface area contributed by atoms with E-state index in [4.69, 9.17) is 4.74 Å². The molecule has 0 aromatic carbocycles. The van der Waals surface area contributed by atoms with Crippen molar-refractivity contribution in [2.45, 2.75) is 64.8 Å². The summed E-state index contributed by atoms with van der Waals surface area (Å²) >= 11 is 0. The predicted octanol–water partition coefficient (Wildman–Crippen LogP) is 1.77. The zero-order valence-electron chi connectivity index (χ0n) is 12.4. The van der Waals surface area contributed by atoms with Crippen LogP contribution in [0.5, 0.6) is 0 Å². The van der Waals surface area contributed by atoms with Crippen molar-refractivity contribution in [3.8, 4) is 0 Å². The molecular formula is C14H27NO4. The lowest BCUT2D eigenvalue weighted by Gasteiger charge is -2.37. The van der Waals surface area contributed by atoms with Gasteiger partial charge in [0.2, 0.25) is 0 Å². The van der Waals surface area contributed by atoms with Gasteiger partial charge in [-0.3, -0.25) is 0 Å². The van der Waals surface area contributed by atoms with Gasteiger partial charge in [0.15, 0.2) is 0 Å². The summed E-state index contributed by atoms with van der Waals surface area (Å²) in [5.74, 6) is 0.0240. The first-order chi connectivity index (χ1) is 8.69. The Bertz CT molecular complexity index is 298. The van der Waals surface area contributed by atoms with Gasteiger partial charge in [-0.15, -0.1) is 0 Å². The second-order valence-corrected chi connectivity index (χ2v) is 6.47. The van der Waals surface area contributed by atoms with Gasteiger partial charge in [-0.25, -0.2) is 4.79 Å². The first-order valence-electron chi connectivity index (χ1n) is 7.03. The molecule has 5 heteroatoms. The Morgan fingerprint density at radius 2 is 2.11 bits per heavy atom. The summed E-state index contributed by atoms with van der Waals surface area (Å²) in [7, 11) is 0. The van der Waals surface area contributed by atoms with E-state index in [9.17, 15) is 15.0 Å². The minimum Gasteiger partial charge on any atom is -0.444 e. The SMILES string of the molecule is CC(O)CCC1CN(C(=O)OC(C)(C)C)CCC1O. The highest BCUT2D eigenvalue weighted by molar-refractivity contribution is 5.68. The van der Waals surface area contributed by atoms with E-state index >= 15 is 0 Å². The molecule has 5 nitrogen and oxygen atoms in total. The minimum absolute atomic E-state index is 0.0240. The fourth-order valence-electron chi connectivity index (χ4n) is 2.25. The molecule has 0 aromatic rings. The summed E-state index contributed by atoms with van der Waals surface area (Å²) < 4.78 is 5.34. The van der Waals surface area contributed by atoms with Crippen molar-refractivity contribution < 1.29 is 19.7 Å². The summed E-state index contributed by atoms with van der Waals surface area (Å²) in [5.41, 5.74) is -0.498. The highest BCUT2D eigenvalue weighted by Gasteiger charge is 2.32. The molecule has 1 fully saturated rings. The lowest BCUT2D eigenvalue weighted by atomic mass is 9.90. The van der Waals surface area contributed by atoms with E-state index < -0.39 is 11.7 Å². The predicted molar refractivity (Wildman–Crippen MR) is 72.8 cm³/mol. The highest BCUT2D eigenvalue weighted by atomic mass is 16.6. The standard InChI is InChI=1S/C14H27NO4/c1-10(16)5-6-11-9-15(8-7-12(11)17)13(18)19-14(2,3)4/h10-12,16-17H,5-9H2,1-4H3. The third kappa shape index (κ3) is 5.78. The number of rotatable bonds is 3. The van der Waals surface area contributed by atoms with Gasteiger partial charge in [-0.1, -0.05) is 0 Å². The maximum atomic E-state index is 12.0. The summed E-state index contributed by atoms with van der Waals surface area (Å²) in [6.07, 6.45) is 0.856. The number of carbonyl (C=O) groups excluding carboxylic acids is 1. The molecule has 0 spiro atoms. The van der Waals surface area contributed by atoms with E-state index in [-0.39, 0.29) is 18.1 Å². The van der Waals surface area contributed by atoms with Gasteiger partial charge in [0.25, 0.3) is 0 Å². The molecular weight excluding hydrogens is 246 g/mol. The number of carbonyl (C=O) groups is 1. The summed E-state index contributed by atoms with van der Waals surface area (Å²) in [4.78, 5) is 13.6. The van der Waals surface area contributed by atoms with Gasteiger partial charge >= 0.3 is 6.09 Å².